The van der Waals surface area contributed by atoms with Gasteiger partial charge in [-0.3, -0.25) is 4.79 Å². The number of hydrogen-bond acceptors (Lipinski definition) is 5. The van der Waals surface area contributed by atoms with Crippen LogP contribution in [-0.2, 0) is 19.6 Å². The molecule has 1 aromatic rings. The van der Waals surface area contributed by atoms with Crippen LogP contribution in [0.25, 0.3) is 0 Å². The van der Waals surface area contributed by atoms with Crippen molar-refractivity contribution in [2.45, 2.75) is 24.3 Å². The minimum Gasteiger partial charge on any atom is -0.490 e. The van der Waals surface area contributed by atoms with Crippen molar-refractivity contribution < 1.29 is 32.2 Å². The van der Waals surface area contributed by atoms with Crippen LogP contribution in [0.1, 0.15) is 13.3 Å². The summed E-state index contributed by atoms with van der Waals surface area (Å²) in [4.78, 5) is 10.3. The van der Waals surface area contributed by atoms with Crippen LogP contribution in [0.3, 0.4) is 0 Å². The standard InChI is InChI=1S/C14H18FNO6S/c1-9(14(17)18)16-23(19,20)11-2-3-13(12(15)6-11)22-8-10-4-5-21-7-10/h2-3,6,9-10,16H,4-5,7-8H2,1H3,(H,17,18)/t9-,10?/m1/s1. The number of ether oxygens (including phenoxy) is 2. The van der Waals surface area contributed by atoms with Crippen LogP contribution in [0.4, 0.5) is 4.39 Å². The lowest BCUT2D eigenvalue weighted by Crippen LogP contribution is -2.38. The van der Waals surface area contributed by atoms with Gasteiger partial charge < -0.3 is 14.6 Å². The molecular weight excluding hydrogens is 329 g/mol. The topological polar surface area (TPSA) is 102 Å². The van der Waals surface area contributed by atoms with Crippen LogP contribution in [0.2, 0.25) is 0 Å². The van der Waals surface area contributed by atoms with Crippen molar-refractivity contribution in [1.82, 2.24) is 4.72 Å². The van der Waals surface area contributed by atoms with Gasteiger partial charge in [0, 0.05) is 12.5 Å². The second kappa shape index (κ2) is 7.24. The Morgan fingerprint density at radius 3 is 2.87 bits per heavy atom. The van der Waals surface area contributed by atoms with Crippen molar-refractivity contribution in [3.05, 3.63) is 24.0 Å². The molecule has 0 radical (unpaired) electrons. The van der Waals surface area contributed by atoms with Crippen LogP contribution in [0, 0.1) is 11.7 Å². The van der Waals surface area contributed by atoms with Crippen molar-refractivity contribution >= 4 is 16.0 Å². The molecule has 0 spiro atoms. The van der Waals surface area contributed by atoms with Crippen molar-refractivity contribution in [1.29, 1.82) is 0 Å². The highest BCUT2D eigenvalue weighted by atomic mass is 32.2. The van der Waals surface area contributed by atoms with Crippen LogP contribution in [-0.4, -0.2) is 45.4 Å². The number of carboxylic acid groups (broad SMARTS) is 1. The Hall–Kier alpha value is -1.71. The molecule has 2 rings (SSSR count). The highest BCUT2D eigenvalue weighted by molar-refractivity contribution is 7.89. The lowest BCUT2D eigenvalue weighted by atomic mass is 10.1. The molecule has 1 saturated heterocycles. The van der Waals surface area contributed by atoms with E-state index in [1.54, 1.807) is 0 Å². The minimum absolute atomic E-state index is 0.0536. The van der Waals surface area contributed by atoms with Gasteiger partial charge in [0.2, 0.25) is 10.0 Å². The first-order chi connectivity index (χ1) is 10.8. The predicted octanol–water partition coefficient (Wildman–Crippen LogP) is 0.992. The molecule has 9 heteroatoms. The molecule has 0 bridgehead atoms. The van der Waals surface area contributed by atoms with Crippen molar-refractivity contribution in [2.75, 3.05) is 19.8 Å². The number of carbonyl (C=O) groups is 1. The molecule has 1 aliphatic rings. The smallest absolute Gasteiger partial charge is 0.321 e. The molecule has 2 N–H and O–H groups in total. The molecule has 0 aromatic heterocycles. The molecule has 7 nitrogen and oxygen atoms in total. The molecule has 128 valence electrons. The summed E-state index contributed by atoms with van der Waals surface area (Å²) in [5.41, 5.74) is 0. The summed E-state index contributed by atoms with van der Waals surface area (Å²) in [6.07, 6.45) is 0.838. The molecule has 23 heavy (non-hydrogen) atoms. The second-order valence-electron chi connectivity index (χ2n) is 5.31. The number of sulfonamides is 1. The van der Waals surface area contributed by atoms with E-state index in [1.807, 2.05) is 4.72 Å². The molecular formula is C14H18FNO6S. The fraction of sp³-hybridized carbons (Fsp3) is 0.500. The third kappa shape index (κ3) is 4.63. The summed E-state index contributed by atoms with van der Waals surface area (Å²) in [7, 11) is -4.12. The van der Waals surface area contributed by atoms with E-state index in [0.717, 1.165) is 12.5 Å². The summed E-state index contributed by atoms with van der Waals surface area (Å²) >= 11 is 0. The van der Waals surface area contributed by atoms with E-state index in [0.29, 0.717) is 13.2 Å². The summed E-state index contributed by atoms with van der Waals surface area (Å²) in [6.45, 7) is 2.68. The van der Waals surface area contributed by atoms with Gasteiger partial charge in [-0.05, 0) is 31.5 Å². The van der Waals surface area contributed by atoms with Gasteiger partial charge in [-0.2, -0.15) is 4.72 Å². The maximum absolute atomic E-state index is 14.0. The largest absolute Gasteiger partial charge is 0.490 e. The summed E-state index contributed by atoms with van der Waals surface area (Å²) in [6, 6.07) is 1.87. The van der Waals surface area contributed by atoms with E-state index in [9.17, 15) is 17.6 Å². The van der Waals surface area contributed by atoms with Crippen LogP contribution < -0.4 is 9.46 Å². The molecule has 1 unspecified atom stereocenters. The number of rotatable bonds is 7. The van der Waals surface area contributed by atoms with Crippen LogP contribution in [0.5, 0.6) is 5.75 Å². The van der Waals surface area contributed by atoms with E-state index in [1.165, 1.54) is 19.1 Å². The maximum Gasteiger partial charge on any atom is 0.321 e. The SMILES string of the molecule is C[C@@H](NS(=O)(=O)c1ccc(OCC2CCOC2)c(F)c1)C(=O)O. The molecule has 1 aliphatic heterocycles. The molecule has 1 fully saturated rings. The normalized spacial score (nSPS) is 19.5. The zero-order valence-electron chi connectivity index (χ0n) is 12.5. The van der Waals surface area contributed by atoms with E-state index in [4.69, 9.17) is 14.6 Å². The highest BCUT2D eigenvalue weighted by Gasteiger charge is 2.23. The summed E-state index contributed by atoms with van der Waals surface area (Å²) in [5.74, 6) is -2.01. The Morgan fingerprint density at radius 1 is 1.57 bits per heavy atom. The number of aliphatic carboxylic acids is 1. The van der Waals surface area contributed by atoms with Crippen molar-refractivity contribution in [3.8, 4) is 5.75 Å². The zero-order chi connectivity index (χ0) is 17.0. The predicted molar refractivity (Wildman–Crippen MR) is 78.2 cm³/mol. The molecule has 0 amide bonds. The van der Waals surface area contributed by atoms with Crippen LogP contribution >= 0.6 is 0 Å². The van der Waals surface area contributed by atoms with Crippen molar-refractivity contribution in [2.24, 2.45) is 5.92 Å². The maximum atomic E-state index is 14.0. The molecule has 1 heterocycles. The van der Waals surface area contributed by atoms with E-state index < -0.39 is 27.9 Å². The Kier molecular flexibility index (Phi) is 5.55. The fourth-order valence-corrected chi connectivity index (χ4v) is 3.25. The van der Waals surface area contributed by atoms with E-state index in [-0.39, 0.29) is 23.2 Å². The Labute approximate surface area is 133 Å². The van der Waals surface area contributed by atoms with Gasteiger partial charge in [0.1, 0.15) is 6.04 Å². The van der Waals surface area contributed by atoms with Crippen LogP contribution in [0.15, 0.2) is 23.1 Å². The molecule has 0 saturated carbocycles. The average Bonchev–Trinajstić information content (AvgIpc) is 2.98. The number of halogens is 1. The number of benzene rings is 1. The third-order valence-corrected chi connectivity index (χ3v) is 4.95. The Morgan fingerprint density at radius 2 is 2.30 bits per heavy atom. The molecule has 2 atom stereocenters. The van der Waals surface area contributed by atoms with Gasteiger partial charge in [-0.25, -0.2) is 12.8 Å². The number of nitrogens with one attached hydrogen (secondary N) is 1. The monoisotopic (exact) mass is 347 g/mol. The lowest BCUT2D eigenvalue weighted by Gasteiger charge is -2.13. The van der Waals surface area contributed by atoms with Crippen molar-refractivity contribution in [3.63, 3.8) is 0 Å². The molecule has 0 aliphatic carbocycles. The summed E-state index contributed by atoms with van der Waals surface area (Å²) < 4.78 is 50.4. The highest BCUT2D eigenvalue weighted by Crippen LogP contribution is 2.23. The first kappa shape index (κ1) is 17.6. The van der Waals surface area contributed by atoms with Gasteiger partial charge in [0.25, 0.3) is 0 Å². The van der Waals surface area contributed by atoms with E-state index >= 15 is 0 Å². The quantitative estimate of drug-likeness (QED) is 0.763. The fourth-order valence-electron chi connectivity index (χ4n) is 2.04. The Bertz CT molecular complexity index is 672. The number of hydrogen-bond donors (Lipinski definition) is 2. The zero-order valence-corrected chi connectivity index (χ0v) is 13.3. The van der Waals surface area contributed by atoms with Gasteiger partial charge in [0.15, 0.2) is 11.6 Å². The lowest BCUT2D eigenvalue weighted by molar-refractivity contribution is -0.138. The number of carboxylic acids is 1. The first-order valence-corrected chi connectivity index (χ1v) is 8.53. The first-order valence-electron chi connectivity index (χ1n) is 7.05. The third-order valence-electron chi connectivity index (χ3n) is 3.41. The molecule has 1 aromatic carbocycles. The summed E-state index contributed by atoms with van der Waals surface area (Å²) in [5, 5.41) is 8.73. The van der Waals surface area contributed by atoms with Gasteiger partial charge in [0.05, 0.1) is 18.1 Å². The Balaban J connectivity index is 2.06. The van der Waals surface area contributed by atoms with Gasteiger partial charge >= 0.3 is 5.97 Å². The minimum atomic E-state index is -4.12. The van der Waals surface area contributed by atoms with Gasteiger partial charge in [-0.1, -0.05) is 0 Å². The second-order valence-corrected chi connectivity index (χ2v) is 7.03. The van der Waals surface area contributed by atoms with Gasteiger partial charge in [-0.15, -0.1) is 0 Å². The average molecular weight is 347 g/mol. The van der Waals surface area contributed by atoms with E-state index in [2.05, 4.69) is 0 Å².